The van der Waals surface area contributed by atoms with Crippen molar-refractivity contribution in [1.82, 2.24) is 10.2 Å². The fourth-order valence-electron chi connectivity index (χ4n) is 1.84. The summed E-state index contributed by atoms with van der Waals surface area (Å²) < 4.78 is 27.2. The number of hydrogen-bond donors (Lipinski definition) is 2. The van der Waals surface area contributed by atoms with E-state index in [0.717, 1.165) is 11.2 Å². The standard InChI is InChI=1S/C10H18N2O6S/c1-7(6-19(2,16)17)11-10(15)12-3-4-18-5-8(12)9(13)14/h7-8H,3-6H2,1-2H3,(H,11,15)(H,13,14). The largest absolute Gasteiger partial charge is 0.480 e. The van der Waals surface area contributed by atoms with E-state index >= 15 is 0 Å². The maximum atomic E-state index is 11.9. The highest BCUT2D eigenvalue weighted by molar-refractivity contribution is 7.90. The molecule has 0 aromatic rings. The SMILES string of the molecule is CC(CS(C)(=O)=O)NC(=O)N1CCOCC1C(=O)O. The van der Waals surface area contributed by atoms with Crippen molar-refractivity contribution >= 4 is 21.8 Å². The smallest absolute Gasteiger partial charge is 0.328 e. The molecular formula is C10H18N2O6S. The minimum atomic E-state index is -3.20. The molecule has 0 spiro atoms. The molecule has 0 aromatic heterocycles. The van der Waals surface area contributed by atoms with Crippen molar-refractivity contribution in [1.29, 1.82) is 0 Å². The summed E-state index contributed by atoms with van der Waals surface area (Å²) in [6.07, 6.45) is 1.07. The van der Waals surface area contributed by atoms with Crippen LogP contribution < -0.4 is 5.32 Å². The highest BCUT2D eigenvalue weighted by atomic mass is 32.2. The Balaban J connectivity index is 2.63. The normalized spacial score (nSPS) is 21.8. The number of sulfone groups is 1. The van der Waals surface area contributed by atoms with E-state index in [-0.39, 0.29) is 25.5 Å². The fourth-order valence-corrected chi connectivity index (χ4v) is 2.83. The van der Waals surface area contributed by atoms with Crippen LogP contribution in [0.2, 0.25) is 0 Å². The van der Waals surface area contributed by atoms with Crippen molar-refractivity contribution in [3.8, 4) is 0 Å². The number of carboxylic acids is 1. The minimum absolute atomic E-state index is 0.0663. The zero-order valence-electron chi connectivity index (χ0n) is 10.8. The van der Waals surface area contributed by atoms with E-state index < -0.39 is 33.9 Å². The van der Waals surface area contributed by atoms with Crippen molar-refractivity contribution < 1.29 is 27.9 Å². The Labute approximate surface area is 111 Å². The van der Waals surface area contributed by atoms with Crippen LogP contribution in [0.25, 0.3) is 0 Å². The zero-order valence-corrected chi connectivity index (χ0v) is 11.6. The summed E-state index contributed by atoms with van der Waals surface area (Å²) >= 11 is 0. The van der Waals surface area contributed by atoms with Crippen LogP contribution in [-0.2, 0) is 19.4 Å². The van der Waals surface area contributed by atoms with Gasteiger partial charge in [0.05, 0.1) is 19.0 Å². The number of ether oxygens (including phenoxy) is 1. The molecule has 1 saturated heterocycles. The zero-order chi connectivity index (χ0) is 14.6. The molecule has 0 radical (unpaired) electrons. The van der Waals surface area contributed by atoms with Gasteiger partial charge in [-0.3, -0.25) is 0 Å². The molecule has 1 aliphatic rings. The first kappa shape index (κ1) is 15.7. The van der Waals surface area contributed by atoms with Crippen molar-refractivity contribution in [2.24, 2.45) is 0 Å². The average Bonchev–Trinajstić information content (AvgIpc) is 2.26. The molecule has 8 nitrogen and oxygen atoms in total. The van der Waals surface area contributed by atoms with Crippen LogP contribution in [-0.4, -0.2) is 74.3 Å². The number of rotatable bonds is 4. The Morgan fingerprint density at radius 1 is 1.53 bits per heavy atom. The van der Waals surface area contributed by atoms with Gasteiger partial charge in [-0.2, -0.15) is 0 Å². The molecule has 0 aromatic carbocycles. The Hall–Kier alpha value is -1.35. The molecule has 0 aliphatic carbocycles. The minimum Gasteiger partial charge on any atom is -0.480 e. The molecule has 1 rings (SSSR count). The third-order valence-electron chi connectivity index (χ3n) is 2.60. The van der Waals surface area contributed by atoms with Crippen molar-refractivity contribution in [3.05, 3.63) is 0 Å². The summed E-state index contributed by atoms with van der Waals surface area (Å²) in [5.74, 6) is -1.34. The van der Waals surface area contributed by atoms with Gasteiger partial charge in [0, 0.05) is 18.8 Å². The van der Waals surface area contributed by atoms with Gasteiger partial charge < -0.3 is 20.1 Å². The van der Waals surface area contributed by atoms with Crippen LogP contribution in [0, 0.1) is 0 Å². The lowest BCUT2D eigenvalue weighted by Crippen LogP contribution is -2.57. The van der Waals surface area contributed by atoms with E-state index in [9.17, 15) is 18.0 Å². The van der Waals surface area contributed by atoms with Gasteiger partial charge in [-0.25, -0.2) is 18.0 Å². The fraction of sp³-hybridized carbons (Fsp3) is 0.800. The monoisotopic (exact) mass is 294 g/mol. The molecule has 1 heterocycles. The Morgan fingerprint density at radius 3 is 2.68 bits per heavy atom. The van der Waals surface area contributed by atoms with Crippen LogP contribution in [0.15, 0.2) is 0 Å². The van der Waals surface area contributed by atoms with Gasteiger partial charge in [0.2, 0.25) is 0 Å². The van der Waals surface area contributed by atoms with Gasteiger partial charge in [0.25, 0.3) is 0 Å². The lowest BCUT2D eigenvalue weighted by molar-refractivity contribution is -0.147. The molecule has 0 saturated carbocycles. The first-order valence-corrected chi connectivity index (χ1v) is 7.82. The van der Waals surface area contributed by atoms with Gasteiger partial charge in [0.1, 0.15) is 9.84 Å². The number of morpholine rings is 1. The molecule has 2 amide bonds. The Bertz CT molecular complexity index is 449. The summed E-state index contributed by atoms with van der Waals surface area (Å²) in [5.41, 5.74) is 0. The Kier molecular flexibility index (Phi) is 5.12. The van der Waals surface area contributed by atoms with Crippen molar-refractivity contribution in [3.63, 3.8) is 0 Å². The number of nitrogens with zero attached hydrogens (tertiary/aromatic N) is 1. The predicted molar refractivity (Wildman–Crippen MR) is 66.7 cm³/mol. The first-order chi connectivity index (χ1) is 8.70. The number of carbonyl (C=O) groups excluding carboxylic acids is 1. The van der Waals surface area contributed by atoms with Crippen LogP contribution in [0.4, 0.5) is 4.79 Å². The van der Waals surface area contributed by atoms with Gasteiger partial charge >= 0.3 is 12.0 Å². The van der Waals surface area contributed by atoms with E-state index in [2.05, 4.69) is 5.32 Å². The van der Waals surface area contributed by atoms with Crippen molar-refractivity contribution in [2.45, 2.75) is 19.0 Å². The molecule has 110 valence electrons. The molecule has 2 unspecified atom stereocenters. The summed E-state index contributed by atoms with van der Waals surface area (Å²) in [6, 6.07) is -2.22. The van der Waals surface area contributed by atoms with Gasteiger partial charge in [-0.1, -0.05) is 0 Å². The highest BCUT2D eigenvalue weighted by Crippen LogP contribution is 2.08. The quantitative estimate of drug-likeness (QED) is 0.681. The Morgan fingerprint density at radius 2 is 2.16 bits per heavy atom. The second-order valence-electron chi connectivity index (χ2n) is 4.57. The van der Waals surface area contributed by atoms with Crippen LogP contribution in [0.1, 0.15) is 6.92 Å². The number of aliphatic carboxylic acids is 1. The molecule has 1 aliphatic heterocycles. The molecule has 9 heteroatoms. The number of amides is 2. The molecule has 19 heavy (non-hydrogen) atoms. The number of nitrogens with one attached hydrogen (secondary N) is 1. The highest BCUT2D eigenvalue weighted by Gasteiger charge is 2.33. The lowest BCUT2D eigenvalue weighted by Gasteiger charge is -2.33. The second kappa shape index (κ2) is 6.20. The van der Waals surface area contributed by atoms with Crippen LogP contribution in [0.3, 0.4) is 0 Å². The third-order valence-corrected chi connectivity index (χ3v) is 3.70. The van der Waals surface area contributed by atoms with Gasteiger partial charge in [-0.15, -0.1) is 0 Å². The van der Waals surface area contributed by atoms with E-state index in [1.54, 1.807) is 6.92 Å². The molecular weight excluding hydrogens is 276 g/mol. The predicted octanol–water partition coefficient (Wildman–Crippen LogP) is -1.09. The van der Waals surface area contributed by atoms with Crippen LogP contribution in [0.5, 0.6) is 0 Å². The van der Waals surface area contributed by atoms with E-state index in [4.69, 9.17) is 9.84 Å². The molecule has 2 N–H and O–H groups in total. The maximum Gasteiger partial charge on any atom is 0.328 e. The van der Waals surface area contributed by atoms with Gasteiger partial charge in [-0.05, 0) is 6.92 Å². The van der Waals surface area contributed by atoms with Crippen molar-refractivity contribution in [2.75, 3.05) is 31.8 Å². The first-order valence-electron chi connectivity index (χ1n) is 5.76. The topological polar surface area (TPSA) is 113 Å². The summed E-state index contributed by atoms with van der Waals surface area (Å²) in [4.78, 5) is 24.0. The number of carbonyl (C=O) groups is 2. The van der Waals surface area contributed by atoms with E-state index in [1.165, 1.54) is 0 Å². The second-order valence-corrected chi connectivity index (χ2v) is 6.75. The van der Waals surface area contributed by atoms with E-state index in [1.807, 2.05) is 0 Å². The average molecular weight is 294 g/mol. The molecule has 0 bridgehead atoms. The number of carboxylic acid groups (broad SMARTS) is 1. The number of urea groups is 1. The lowest BCUT2D eigenvalue weighted by atomic mass is 10.2. The summed E-state index contributed by atoms with van der Waals surface area (Å²) in [5, 5.41) is 11.5. The number of hydrogen-bond acceptors (Lipinski definition) is 5. The summed E-state index contributed by atoms with van der Waals surface area (Å²) in [6.45, 7) is 1.91. The third kappa shape index (κ3) is 5.03. The molecule has 2 atom stereocenters. The maximum absolute atomic E-state index is 11.9. The summed E-state index contributed by atoms with van der Waals surface area (Å²) in [7, 11) is -3.20. The van der Waals surface area contributed by atoms with Crippen LogP contribution >= 0.6 is 0 Å². The van der Waals surface area contributed by atoms with E-state index in [0.29, 0.717) is 0 Å². The van der Waals surface area contributed by atoms with Gasteiger partial charge in [0.15, 0.2) is 6.04 Å². The molecule has 1 fully saturated rings.